The molecular weight excluding hydrogens is 464 g/mol. The van der Waals surface area contributed by atoms with E-state index in [1.165, 1.54) is 44.1 Å². The van der Waals surface area contributed by atoms with Crippen LogP contribution in [-0.2, 0) is 0 Å². The lowest BCUT2D eigenvalue weighted by molar-refractivity contribution is 1.04. The van der Waals surface area contributed by atoms with Gasteiger partial charge in [-0.05, 0) is 51.0 Å². The molecule has 4 heteroatoms. The molecule has 0 aliphatic rings. The third-order valence-corrected chi connectivity index (χ3v) is 7.45. The molecule has 0 saturated carbocycles. The van der Waals surface area contributed by atoms with Gasteiger partial charge in [0.15, 0.2) is 0 Å². The monoisotopic (exact) mass is 492 g/mol. The highest BCUT2D eigenvalue weighted by atomic mass is 15.1. The van der Waals surface area contributed by atoms with Crippen molar-refractivity contribution in [3.8, 4) is 28.2 Å². The van der Waals surface area contributed by atoms with Crippen molar-refractivity contribution in [3.63, 3.8) is 0 Å². The molecule has 3 aromatic heterocycles. The van der Waals surface area contributed by atoms with Crippen molar-refractivity contribution in [1.82, 2.24) is 18.9 Å². The predicted molar refractivity (Wildman–Crippen MR) is 157 cm³/mol. The molecule has 0 unspecified atom stereocenters. The number of benzene rings is 4. The van der Waals surface area contributed by atoms with Gasteiger partial charge in [0.1, 0.15) is 0 Å². The molecule has 0 aliphatic heterocycles. The summed E-state index contributed by atoms with van der Waals surface area (Å²) in [5, 5.41) is 2.56. The number of rotatable bonds is 3. The molecule has 0 bridgehead atoms. The summed E-state index contributed by atoms with van der Waals surface area (Å²) in [6.07, 6.45) is 4.16. The van der Waals surface area contributed by atoms with Crippen LogP contribution in [0.25, 0.3) is 55.8 Å². The number of imidazole rings is 1. The first kappa shape index (κ1) is 22.5. The van der Waals surface area contributed by atoms with Crippen molar-refractivity contribution in [2.45, 2.75) is 27.7 Å². The van der Waals surface area contributed by atoms with Gasteiger partial charge in [-0.1, -0.05) is 83.9 Å². The first-order valence-electron chi connectivity index (χ1n) is 13.0. The average Bonchev–Trinajstić information content (AvgIpc) is 3.46. The molecular formula is C34H28N4. The van der Waals surface area contributed by atoms with Gasteiger partial charge in [0, 0.05) is 28.1 Å². The number of fused-ring (bicyclic) bond motifs is 4. The van der Waals surface area contributed by atoms with E-state index in [4.69, 9.17) is 9.97 Å². The van der Waals surface area contributed by atoms with E-state index < -0.39 is 0 Å². The molecule has 0 radical (unpaired) electrons. The summed E-state index contributed by atoms with van der Waals surface area (Å²) in [5.41, 5.74) is 12.7. The molecule has 3 heterocycles. The molecule has 38 heavy (non-hydrogen) atoms. The van der Waals surface area contributed by atoms with Gasteiger partial charge in [0.25, 0.3) is 0 Å². The topological polar surface area (TPSA) is 35.1 Å². The Morgan fingerprint density at radius 3 is 1.76 bits per heavy atom. The van der Waals surface area contributed by atoms with Crippen molar-refractivity contribution >= 4 is 27.6 Å². The number of aromatic nitrogens is 4. The summed E-state index contributed by atoms with van der Waals surface area (Å²) in [5.74, 6) is 0.687. The van der Waals surface area contributed by atoms with Crippen LogP contribution in [0.2, 0.25) is 0 Å². The van der Waals surface area contributed by atoms with Crippen LogP contribution >= 0.6 is 0 Å². The lowest BCUT2D eigenvalue weighted by Gasteiger charge is -2.12. The molecule has 0 atom stereocenters. The van der Waals surface area contributed by atoms with Crippen molar-refractivity contribution in [2.75, 3.05) is 0 Å². The maximum absolute atomic E-state index is 5.01. The van der Waals surface area contributed by atoms with Crippen LogP contribution in [0.1, 0.15) is 22.3 Å². The van der Waals surface area contributed by atoms with E-state index in [1.807, 2.05) is 18.3 Å². The van der Waals surface area contributed by atoms with Crippen LogP contribution in [-0.4, -0.2) is 18.9 Å². The van der Waals surface area contributed by atoms with Gasteiger partial charge in [-0.15, -0.1) is 0 Å². The minimum absolute atomic E-state index is 0.687. The first-order chi connectivity index (χ1) is 18.5. The Balaban J connectivity index is 1.60. The fourth-order valence-corrected chi connectivity index (χ4v) is 6.00. The fraction of sp³-hybridized carbons (Fsp3) is 0.118. The SMILES string of the molecule is Cc1cc(C)c2c(c1)c1cc(C)cc(C)c1n2-c1cnc2nc(-c3ccccc3)c(-c3ccccc3)n2c1. The highest BCUT2D eigenvalue weighted by Gasteiger charge is 2.20. The Kier molecular flexibility index (Phi) is 4.98. The number of aryl methyl sites for hydroxylation is 4. The second-order valence-electron chi connectivity index (χ2n) is 10.3. The lowest BCUT2D eigenvalue weighted by Crippen LogP contribution is -2.01. The quantitative estimate of drug-likeness (QED) is 0.248. The van der Waals surface area contributed by atoms with Gasteiger partial charge in [-0.2, -0.15) is 0 Å². The molecule has 0 aliphatic carbocycles. The zero-order valence-electron chi connectivity index (χ0n) is 22.0. The molecule has 7 rings (SSSR count). The predicted octanol–water partition coefficient (Wildman–Crippen LogP) is 8.39. The second kappa shape index (κ2) is 8.42. The fourth-order valence-electron chi connectivity index (χ4n) is 6.00. The number of nitrogens with zero attached hydrogens (tertiary/aromatic N) is 4. The summed E-state index contributed by atoms with van der Waals surface area (Å²) in [7, 11) is 0. The van der Waals surface area contributed by atoms with Gasteiger partial charge >= 0.3 is 0 Å². The number of hydrogen-bond acceptors (Lipinski definition) is 2. The third kappa shape index (κ3) is 3.37. The van der Waals surface area contributed by atoms with Crippen LogP contribution in [0.5, 0.6) is 0 Å². The zero-order chi connectivity index (χ0) is 26.0. The van der Waals surface area contributed by atoms with E-state index in [-0.39, 0.29) is 0 Å². The largest absolute Gasteiger partial charge is 0.306 e. The summed E-state index contributed by atoms with van der Waals surface area (Å²) in [4.78, 5) is 9.92. The minimum atomic E-state index is 0.687. The highest BCUT2D eigenvalue weighted by molar-refractivity contribution is 6.11. The summed E-state index contributed by atoms with van der Waals surface area (Å²) in [6.45, 7) is 8.77. The summed E-state index contributed by atoms with van der Waals surface area (Å²) in [6, 6.07) is 30.0. The second-order valence-corrected chi connectivity index (χ2v) is 10.3. The highest BCUT2D eigenvalue weighted by Crippen LogP contribution is 2.38. The average molecular weight is 493 g/mol. The van der Waals surface area contributed by atoms with Crippen LogP contribution in [0, 0.1) is 27.7 Å². The van der Waals surface area contributed by atoms with E-state index in [9.17, 15) is 0 Å². The van der Waals surface area contributed by atoms with Gasteiger partial charge in [0.2, 0.25) is 5.78 Å². The summed E-state index contributed by atoms with van der Waals surface area (Å²) >= 11 is 0. The Morgan fingerprint density at radius 1 is 0.632 bits per heavy atom. The molecule has 4 aromatic carbocycles. The van der Waals surface area contributed by atoms with Crippen molar-refractivity contribution in [1.29, 1.82) is 0 Å². The Labute approximate surface area is 221 Å². The Morgan fingerprint density at radius 2 is 1.18 bits per heavy atom. The smallest absolute Gasteiger partial charge is 0.234 e. The van der Waals surface area contributed by atoms with Crippen molar-refractivity contribution < 1.29 is 0 Å². The van der Waals surface area contributed by atoms with Crippen molar-refractivity contribution in [3.05, 3.63) is 120 Å². The van der Waals surface area contributed by atoms with Crippen LogP contribution in [0.15, 0.2) is 97.3 Å². The molecule has 7 aromatic rings. The molecule has 0 saturated heterocycles. The van der Waals surface area contributed by atoms with E-state index in [0.29, 0.717) is 5.78 Å². The van der Waals surface area contributed by atoms with E-state index >= 15 is 0 Å². The van der Waals surface area contributed by atoms with Gasteiger partial charge in [-0.25, -0.2) is 9.97 Å². The molecule has 0 N–H and O–H groups in total. The Bertz CT molecular complexity index is 1930. The molecule has 0 amide bonds. The normalized spacial score (nSPS) is 11.7. The van der Waals surface area contributed by atoms with E-state index in [0.717, 1.165) is 28.2 Å². The summed E-state index contributed by atoms with van der Waals surface area (Å²) < 4.78 is 4.54. The maximum atomic E-state index is 5.01. The minimum Gasteiger partial charge on any atom is -0.306 e. The first-order valence-corrected chi connectivity index (χ1v) is 13.0. The number of hydrogen-bond donors (Lipinski definition) is 0. The van der Waals surface area contributed by atoms with Gasteiger partial charge < -0.3 is 4.57 Å². The van der Waals surface area contributed by atoms with Crippen LogP contribution in [0.4, 0.5) is 0 Å². The van der Waals surface area contributed by atoms with Crippen molar-refractivity contribution in [2.24, 2.45) is 0 Å². The van der Waals surface area contributed by atoms with E-state index in [1.54, 1.807) is 0 Å². The van der Waals surface area contributed by atoms with Crippen LogP contribution < -0.4 is 0 Å². The van der Waals surface area contributed by atoms with Gasteiger partial charge in [0.05, 0.1) is 34.3 Å². The standard InChI is InChI=1S/C34H28N4/c1-21-15-23(3)31-28(17-21)29-18-22(2)16-24(4)32(29)38(31)27-19-35-34-36-30(25-11-7-5-8-12-25)33(37(34)20-27)26-13-9-6-10-14-26/h5-20H,1-4H3. The van der Waals surface area contributed by atoms with Crippen LogP contribution in [0.3, 0.4) is 0 Å². The third-order valence-electron chi connectivity index (χ3n) is 7.45. The van der Waals surface area contributed by atoms with Gasteiger partial charge in [-0.3, -0.25) is 4.40 Å². The maximum Gasteiger partial charge on any atom is 0.234 e. The molecule has 0 spiro atoms. The molecule has 184 valence electrons. The Hall–Kier alpha value is -4.70. The van der Waals surface area contributed by atoms with E-state index in [2.05, 4.69) is 116 Å². The molecule has 4 nitrogen and oxygen atoms in total. The zero-order valence-corrected chi connectivity index (χ0v) is 22.0. The lowest BCUT2D eigenvalue weighted by atomic mass is 10.0. The molecule has 0 fully saturated rings.